The van der Waals surface area contributed by atoms with Crippen LogP contribution < -0.4 is 5.73 Å². The van der Waals surface area contributed by atoms with E-state index >= 15 is 0 Å². The summed E-state index contributed by atoms with van der Waals surface area (Å²) < 4.78 is 5.39. The van der Waals surface area contributed by atoms with Crippen LogP contribution in [0.3, 0.4) is 0 Å². The molecule has 0 heterocycles. The van der Waals surface area contributed by atoms with Gasteiger partial charge in [-0.3, -0.25) is 0 Å². The molecule has 0 rings (SSSR count). The van der Waals surface area contributed by atoms with Crippen LogP contribution in [0.4, 0.5) is 0 Å². The van der Waals surface area contributed by atoms with E-state index in [1.807, 2.05) is 6.92 Å². The van der Waals surface area contributed by atoms with Gasteiger partial charge in [0.1, 0.15) is 5.54 Å². The van der Waals surface area contributed by atoms with Crippen molar-refractivity contribution in [2.45, 2.75) is 51.5 Å². The van der Waals surface area contributed by atoms with Crippen molar-refractivity contribution < 1.29 is 4.74 Å². The molecule has 0 aromatic rings. The van der Waals surface area contributed by atoms with Crippen LogP contribution in [-0.2, 0) is 4.74 Å². The highest BCUT2D eigenvalue weighted by atomic mass is 16.5. The Balaban J connectivity index is 3.40. The summed E-state index contributed by atoms with van der Waals surface area (Å²) in [5, 5.41) is 8.81. The first-order valence-corrected chi connectivity index (χ1v) is 5.46. The van der Waals surface area contributed by atoms with Gasteiger partial charge in [-0.1, -0.05) is 20.3 Å². The number of nitrogens with two attached hydrogens (primary N) is 1. The molecule has 0 saturated heterocycles. The predicted octanol–water partition coefficient (Wildman–Crippen LogP) is 2.21. The van der Waals surface area contributed by atoms with E-state index in [0.29, 0.717) is 6.42 Å². The summed E-state index contributed by atoms with van der Waals surface area (Å²) in [4.78, 5) is 0. The molecule has 0 aliphatic carbocycles. The Morgan fingerprint density at radius 3 is 2.43 bits per heavy atom. The fourth-order valence-corrected chi connectivity index (χ4v) is 1.15. The maximum Gasteiger partial charge on any atom is 0.104 e. The Morgan fingerprint density at radius 1 is 1.29 bits per heavy atom. The summed E-state index contributed by atoms with van der Waals surface area (Å²) >= 11 is 0. The topological polar surface area (TPSA) is 59.0 Å². The van der Waals surface area contributed by atoms with Crippen LogP contribution >= 0.6 is 0 Å². The van der Waals surface area contributed by atoms with Crippen LogP contribution in [-0.4, -0.2) is 18.8 Å². The van der Waals surface area contributed by atoms with Gasteiger partial charge >= 0.3 is 0 Å². The molecule has 0 aliphatic heterocycles. The maximum atomic E-state index is 8.81. The van der Waals surface area contributed by atoms with Crippen molar-refractivity contribution in [3.63, 3.8) is 0 Å². The summed E-state index contributed by atoms with van der Waals surface area (Å²) in [6.07, 6.45) is 4.58. The zero-order valence-electron chi connectivity index (χ0n) is 9.38. The molecule has 14 heavy (non-hydrogen) atoms. The minimum absolute atomic E-state index is 0.645. The molecule has 3 nitrogen and oxygen atoms in total. The third-order valence-corrected chi connectivity index (χ3v) is 2.41. The maximum absolute atomic E-state index is 8.81. The van der Waals surface area contributed by atoms with Gasteiger partial charge in [-0.2, -0.15) is 5.26 Å². The van der Waals surface area contributed by atoms with Crippen molar-refractivity contribution >= 4 is 0 Å². The minimum Gasteiger partial charge on any atom is -0.381 e. The first-order chi connectivity index (χ1) is 6.68. The highest BCUT2D eigenvalue weighted by Crippen LogP contribution is 2.12. The molecule has 0 aromatic heterocycles. The van der Waals surface area contributed by atoms with Crippen LogP contribution in [0.1, 0.15) is 46.0 Å². The van der Waals surface area contributed by atoms with Crippen LogP contribution in [0.15, 0.2) is 0 Å². The van der Waals surface area contributed by atoms with Crippen molar-refractivity contribution in [2.24, 2.45) is 5.73 Å². The zero-order chi connectivity index (χ0) is 10.9. The molecule has 0 spiro atoms. The van der Waals surface area contributed by atoms with Gasteiger partial charge in [0.25, 0.3) is 0 Å². The monoisotopic (exact) mass is 198 g/mol. The fraction of sp³-hybridized carbons (Fsp3) is 0.909. The highest BCUT2D eigenvalue weighted by molar-refractivity contribution is 5.03. The van der Waals surface area contributed by atoms with Gasteiger partial charge in [-0.25, -0.2) is 0 Å². The Bertz CT molecular complexity index is 177. The highest BCUT2D eigenvalue weighted by Gasteiger charge is 2.20. The van der Waals surface area contributed by atoms with Crippen LogP contribution in [0.5, 0.6) is 0 Å². The molecule has 0 amide bonds. The number of rotatable bonds is 8. The summed E-state index contributed by atoms with van der Waals surface area (Å²) in [6, 6.07) is 2.15. The lowest BCUT2D eigenvalue weighted by Crippen LogP contribution is -2.37. The second-order valence-corrected chi connectivity index (χ2v) is 3.69. The Hall–Kier alpha value is -0.590. The van der Waals surface area contributed by atoms with E-state index in [1.54, 1.807) is 0 Å². The van der Waals surface area contributed by atoms with Crippen molar-refractivity contribution in [2.75, 3.05) is 13.2 Å². The molecular weight excluding hydrogens is 176 g/mol. The molecule has 82 valence electrons. The number of nitriles is 1. The normalized spacial score (nSPS) is 14.7. The van der Waals surface area contributed by atoms with Gasteiger partial charge in [-0.15, -0.1) is 0 Å². The molecule has 0 aromatic carbocycles. The third-order valence-electron chi connectivity index (χ3n) is 2.41. The molecule has 0 fully saturated rings. The average Bonchev–Trinajstić information content (AvgIpc) is 2.23. The largest absolute Gasteiger partial charge is 0.381 e. The van der Waals surface area contributed by atoms with Gasteiger partial charge in [0.2, 0.25) is 0 Å². The van der Waals surface area contributed by atoms with Crippen molar-refractivity contribution in [3.8, 4) is 6.07 Å². The molecular formula is C11H22N2O. The predicted molar refractivity (Wildman–Crippen MR) is 57.8 cm³/mol. The molecule has 0 radical (unpaired) electrons. The smallest absolute Gasteiger partial charge is 0.104 e. The van der Waals surface area contributed by atoms with Gasteiger partial charge in [0.15, 0.2) is 0 Å². The molecule has 0 saturated carbocycles. The van der Waals surface area contributed by atoms with Gasteiger partial charge in [-0.05, 0) is 25.7 Å². The Kier molecular flexibility index (Phi) is 7.45. The first-order valence-electron chi connectivity index (χ1n) is 5.46. The molecule has 1 unspecified atom stereocenters. The van der Waals surface area contributed by atoms with E-state index in [1.165, 1.54) is 0 Å². The van der Waals surface area contributed by atoms with Crippen molar-refractivity contribution in [1.82, 2.24) is 0 Å². The number of ether oxygens (including phenoxy) is 1. The minimum atomic E-state index is -0.645. The number of nitrogens with zero attached hydrogens (tertiary/aromatic N) is 1. The SMILES string of the molecule is CCCCOCCCC(N)(C#N)CC. The number of unbranched alkanes of at least 4 members (excludes halogenated alkanes) is 1. The van der Waals surface area contributed by atoms with E-state index in [9.17, 15) is 0 Å². The second-order valence-electron chi connectivity index (χ2n) is 3.69. The average molecular weight is 198 g/mol. The van der Waals surface area contributed by atoms with Gasteiger partial charge < -0.3 is 10.5 Å². The lowest BCUT2D eigenvalue weighted by atomic mass is 9.94. The van der Waals surface area contributed by atoms with Crippen LogP contribution in [0.2, 0.25) is 0 Å². The van der Waals surface area contributed by atoms with Crippen LogP contribution in [0.25, 0.3) is 0 Å². The zero-order valence-corrected chi connectivity index (χ0v) is 9.38. The van der Waals surface area contributed by atoms with E-state index in [-0.39, 0.29) is 0 Å². The molecule has 2 N–H and O–H groups in total. The van der Waals surface area contributed by atoms with E-state index < -0.39 is 5.54 Å². The molecule has 0 bridgehead atoms. The fourth-order valence-electron chi connectivity index (χ4n) is 1.15. The van der Waals surface area contributed by atoms with E-state index in [4.69, 9.17) is 15.7 Å². The molecule has 1 atom stereocenters. The van der Waals surface area contributed by atoms with Crippen molar-refractivity contribution in [3.05, 3.63) is 0 Å². The standard InChI is InChI=1S/C11H22N2O/c1-3-5-8-14-9-6-7-11(13,4-2)10-12/h3-9,13H2,1-2H3. The summed E-state index contributed by atoms with van der Waals surface area (Å²) in [7, 11) is 0. The quantitative estimate of drug-likeness (QED) is 0.608. The lowest BCUT2D eigenvalue weighted by molar-refractivity contribution is 0.124. The van der Waals surface area contributed by atoms with Gasteiger partial charge in [0, 0.05) is 13.2 Å². The second kappa shape index (κ2) is 7.78. The summed E-state index contributed by atoms with van der Waals surface area (Å²) in [6.45, 7) is 5.63. The number of hydrogen-bond donors (Lipinski definition) is 1. The molecule has 3 heteroatoms. The van der Waals surface area contributed by atoms with Gasteiger partial charge in [0.05, 0.1) is 6.07 Å². The molecule has 0 aliphatic rings. The van der Waals surface area contributed by atoms with Crippen LogP contribution in [0, 0.1) is 11.3 Å². The Morgan fingerprint density at radius 2 is 1.93 bits per heavy atom. The van der Waals surface area contributed by atoms with E-state index in [0.717, 1.165) is 38.9 Å². The Labute approximate surface area is 87.2 Å². The van der Waals surface area contributed by atoms with Crippen molar-refractivity contribution in [1.29, 1.82) is 5.26 Å². The summed E-state index contributed by atoms with van der Waals surface area (Å²) in [5.41, 5.74) is 5.18. The third kappa shape index (κ3) is 5.95. The summed E-state index contributed by atoms with van der Waals surface area (Å²) in [5.74, 6) is 0. The first kappa shape index (κ1) is 13.4. The lowest BCUT2D eigenvalue weighted by Gasteiger charge is -2.18. The number of hydrogen-bond acceptors (Lipinski definition) is 3. The van der Waals surface area contributed by atoms with E-state index in [2.05, 4.69) is 13.0 Å².